The molecule has 3 nitrogen and oxygen atoms in total. The van der Waals surface area contributed by atoms with Gasteiger partial charge >= 0.3 is 0 Å². The summed E-state index contributed by atoms with van der Waals surface area (Å²) in [5.74, 6) is 1.78. The van der Waals surface area contributed by atoms with Gasteiger partial charge in [0.1, 0.15) is 0 Å². The molecule has 10 rings (SSSR count). The van der Waals surface area contributed by atoms with Crippen molar-refractivity contribution in [2.45, 2.75) is 19.3 Å². The van der Waals surface area contributed by atoms with Crippen LogP contribution in [0.2, 0.25) is 0 Å². The highest BCUT2D eigenvalue weighted by Crippen LogP contribution is 2.62. The Kier molecular flexibility index (Phi) is 6.84. The van der Waals surface area contributed by atoms with Crippen molar-refractivity contribution in [1.29, 1.82) is 0 Å². The first-order valence-electron chi connectivity index (χ1n) is 17.9. The van der Waals surface area contributed by atoms with Crippen LogP contribution in [0, 0.1) is 0 Å². The quantitative estimate of drug-likeness (QED) is 0.182. The maximum absolute atomic E-state index is 6.63. The molecule has 2 aliphatic heterocycles. The smallest absolute Gasteiger partial charge is 0.152 e. The summed E-state index contributed by atoms with van der Waals surface area (Å²) in [6.45, 7) is 4.70. The van der Waals surface area contributed by atoms with E-state index in [9.17, 15) is 0 Å². The standard InChI is InChI=1S/C49H36N2O/c1-49(2)42-20-12-22-44-48(42)51(47-41-18-10-9-13-35(41)29-32-45(47)52-44)43-21-11-19-40(46(43)49)36-25-23-33(24-26-36)34-27-30-39(31-28-34)50(37-14-5-3-6-15-37)38-16-7-4-8-17-38/h3-32H,1-2H3. The normalized spacial score (nSPS) is 13.5. The van der Waals surface area contributed by atoms with Gasteiger partial charge in [0.15, 0.2) is 11.5 Å². The summed E-state index contributed by atoms with van der Waals surface area (Å²) in [5.41, 5.74) is 14.0. The first-order chi connectivity index (χ1) is 25.6. The van der Waals surface area contributed by atoms with Gasteiger partial charge in [0.2, 0.25) is 0 Å². The molecular formula is C49H36N2O. The number of fused-ring (bicyclic) bond motifs is 6. The minimum absolute atomic E-state index is 0.267. The van der Waals surface area contributed by atoms with Crippen molar-refractivity contribution in [3.8, 4) is 33.8 Å². The number of rotatable bonds is 5. The summed E-state index contributed by atoms with van der Waals surface area (Å²) >= 11 is 0. The van der Waals surface area contributed by atoms with Crippen LogP contribution in [0.4, 0.5) is 34.1 Å². The van der Waals surface area contributed by atoms with Gasteiger partial charge in [0.25, 0.3) is 0 Å². The number of hydrogen-bond donors (Lipinski definition) is 0. The molecule has 0 atom stereocenters. The first-order valence-corrected chi connectivity index (χ1v) is 17.9. The van der Waals surface area contributed by atoms with E-state index in [-0.39, 0.29) is 5.41 Å². The lowest BCUT2D eigenvalue weighted by Crippen LogP contribution is -2.33. The molecule has 2 heterocycles. The fourth-order valence-electron chi connectivity index (χ4n) is 8.36. The van der Waals surface area contributed by atoms with E-state index < -0.39 is 0 Å². The molecular weight excluding hydrogens is 633 g/mol. The van der Waals surface area contributed by atoms with Gasteiger partial charge in [-0.3, -0.25) is 0 Å². The van der Waals surface area contributed by atoms with Crippen LogP contribution in [-0.2, 0) is 5.41 Å². The fraction of sp³-hybridized carbons (Fsp3) is 0.0612. The van der Waals surface area contributed by atoms with Crippen LogP contribution in [0.1, 0.15) is 25.0 Å². The van der Waals surface area contributed by atoms with Crippen molar-refractivity contribution in [2.75, 3.05) is 9.80 Å². The molecule has 0 radical (unpaired) electrons. The maximum atomic E-state index is 6.63. The third-order valence-corrected chi connectivity index (χ3v) is 10.8. The third-order valence-electron chi connectivity index (χ3n) is 10.8. The largest absolute Gasteiger partial charge is 0.453 e. The molecule has 248 valence electrons. The van der Waals surface area contributed by atoms with Crippen LogP contribution in [0.3, 0.4) is 0 Å². The van der Waals surface area contributed by atoms with Crippen molar-refractivity contribution in [3.05, 3.63) is 193 Å². The zero-order valence-electron chi connectivity index (χ0n) is 29.1. The summed E-state index contributed by atoms with van der Waals surface area (Å²) in [4.78, 5) is 4.75. The van der Waals surface area contributed by atoms with E-state index in [0.717, 1.165) is 39.9 Å². The molecule has 0 amide bonds. The van der Waals surface area contributed by atoms with Crippen LogP contribution >= 0.6 is 0 Å². The minimum Gasteiger partial charge on any atom is -0.453 e. The maximum Gasteiger partial charge on any atom is 0.152 e. The molecule has 0 fully saturated rings. The summed E-state index contributed by atoms with van der Waals surface area (Å²) in [5, 5.41) is 2.38. The van der Waals surface area contributed by atoms with Gasteiger partial charge in [-0.15, -0.1) is 0 Å². The number of hydrogen-bond acceptors (Lipinski definition) is 3. The molecule has 0 saturated heterocycles. The van der Waals surface area contributed by atoms with Gasteiger partial charge in [-0.1, -0.05) is 141 Å². The van der Waals surface area contributed by atoms with Gasteiger partial charge in [0, 0.05) is 27.9 Å². The molecule has 0 unspecified atom stereocenters. The molecule has 0 spiro atoms. The molecule has 2 aliphatic rings. The van der Waals surface area contributed by atoms with Gasteiger partial charge in [-0.2, -0.15) is 0 Å². The van der Waals surface area contributed by atoms with Crippen molar-refractivity contribution < 1.29 is 4.74 Å². The minimum atomic E-state index is -0.267. The van der Waals surface area contributed by atoms with Crippen LogP contribution in [0.15, 0.2) is 182 Å². The van der Waals surface area contributed by atoms with E-state index in [0.29, 0.717) is 0 Å². The lowest BCUT2D eigenvalue weighted by atomic mass is 9.70. The molecule has 0 N–H and O–H groups in total. The van der Waals surface area contributed by atoms with Gasteiger partial charge < -0.3 is 14.5 Å². The first kappa shape index (κ1) is 30.3. The van der Waals surface area contributed by atoms with E-state index in [1.165, 1.54) is 49.8 Å². The lowest BCUT2D eigenvalue weighted by Gasteiger charge is -2.46. The van der Waals surface area contributed by atoms with Crippen molar-refractivity contribution >= 4 is 44.9 Å². The average Bonchev–Trinajstić information content (AvgIpc) is 3.20. The molecule has 8 aromatic carbocycles. The van der Waals surface area contributed by atoms with Crippen molar-refractivity contribution in [1.82, 2.24) is 0 Å². The Morgan fingerprint density at radius 3 is 1.75 bits per heavy atom. The number of anilines is 6. The van der Waals surface area contributed by atoms with E-state index in [2.05, 4.69) is 206 Å². The Balaban J connectivity index is 1.05. The second-order valence-electron chi connectivity index (χ2n) is 14.2. The van der Waals surface area contributed by atoms with Crippen LogP contribution in [0.5, 0.6) is 11.5 Å². The Morgan fingerprint density at radius 2 is 1.04 bits per heavy atom. The highest BCUT2D eigenvalue weighted by atomic mass is 16.5. The SMILES string of the molecule is CC1(C)c2cccc3c2N(c2cccc(-c4ccc(-c5ccc(N(c6ccccc6)c6ccccc6)cc5)cc4)c21)c1c(ccc2ccccc12)O3. The second-order valence-corrected chi connectivity index (χ2v) is 14.2. The van der Waals surface area contributed by atoms with E-state index in [1.807, 2.05) is 0 Å². The molecule has 0 aliphatic carbocycles. The number of nitrogens with zero attached hydrogens (tertiary/aromatic N) is 2. The highest BCUT2D eigenvalue weighted by Gasteiger charge is 2.43. The van der Waals surface area contributed by atoms with Gasteiger partial charge in [-0.25, -0.2) is 0 Å². The van der Waals surface area contributed by atoms with E-state index in [1.54, 1.807) is 0 Å². The predicted octanol–water partition coefficient (Wildman–Crippen LogP) is 13.9. The Morgan fingerprint density at radius 1 is 0.462 bits per heavy atom. The van der Waals surface area contributed by atoms with Gasteiger partial charge in [0.05, 0.1) is 17.1 Å². The summed E-state index contributed by atoms with van der Waals surface area (Å²) in [7, 11) is 0. The Labute approximate surface area is 304 Å². The molecule has 52 heavy (non-hydrogen) atoms. The average molecular weight is 669 g/mol. The predicted molar refractivity (Wildman–Crippen MR) is 216 cm³/mol. The highest BCUT2D eigenvalue weighted by molar-refractivity contribution is 6.06. The van der Waals surface area contributed by atoms with Crippen LogP contribution < -0.4 is 14.5 Å². The number of benzene rings is 8. The molecule has 0 bridgehead atoms. The molecule has 3 heteroatoms. The zero-order chi connectivity index (χ0) is 34.8. The third kappa shape index (κ3) is 4.66. The number of ether oxygens (including phenoxy) is 1. The summed E-state index contributed by atoms with van der Waals surface area (Å²) in [6, 6.07) is 65.2. The number of para-hydroxylation sites is 3. The topological polar surface area (TPSA) is 15.7 Å². The second kappa shape index (κ2) is 11.8. The molecule has 0 saturated carbocycles. The van der Waals surface area contributed by atoms with Gasteiger partial charge in [-0.05, 0) is 93.4 Å². The zero-order valence-corrected chi connectivity index (χ0v) is 29.1. The monoisotopic (exact) mass is 668 g/mol. The van der Waals surface area contributed by atoms with Crippen LogP contribution in [-0.4, -0.2) is 0 Å². The summed E-state index contributed by atoms with van der Waals surface area (Å²) in [6.07, 6.45) is 0. The van der Waals surface area contributed by atoms with Crippen molar-refractivity contribution in [2.24, 2.45) is 0 Å². The van der Waals surface area contributed by atoms with E-state index >= 15 is 0 Å². The molecule has 8 aromatic rings. The Hall–Kier alpha value is -6.58. The fourth-order valence-corrected chi connectivity index (χ4v) is 8.36. The summed E-state index contributed by atoms with van der Waals surface area (Å²) < 4.78 is 6.63. The van der Waals surface area contributed by atoms with Crippen LogP contribution in [0.25, 0.3) is 33.0 Å². The lowest BCUT2D eigenvalue weighted by molar-refractivity contribution is 0.472. The Bertz CT molecular complexity index is 2570. The van der Waals surface area contributed by atoms with E-state index in [4.69, 9.17) is 4.74 Å². The van der Waals surface area contributed by atoms with Crippen molar-refractivity contribution in [3.63, 3.8) is 0 Å². The molecule has 0 aromatic heterocycles.